The summed E-state index contributed by atoms with van der Waals surface area (Å²) in [6.07, 6.45) is 1.13. The van der Waals surface area contributed by atoms with Gasteiger partial charge in [0.15, 0.2) is 0 Å². The fourth-order valence-corrected chi connectivity index (χ4v) is 2.61. The van der Waals surface area contributed by atoms with Crippen molar-refractivity contribution in [3.8, 4) is 0 Å². The van der Waals surface area contributed by atoms with Gasteiger partial charge in [-0.1, -0.05) is 0 Å². The second-order valence-corrected chi connectivity index (χ2v) is 6.87. The highest BCUT2D eigenvalue weighted by atomic mass is 19.1. The van der Waals surface area contributed by atoms with Gasteiger partial charge in [-0.05, 0) is 40.2 Å². The summed E-state index contributed by atoms with van der Waals surface area (Å²) < 4.78 is 19.6. The lowest BCUT2D eigenvalue weighted by Crippen LogP contribution is -2.44. The van der Waals surface area contributed by atoms with E-state index in [4.69, 9.17) is 4.74 Å². The van der Waals surface area contributed by atoms with Crippen molar-refractivity contribution in [2.45, 2.75) is 50.9 Å². The summed E-state index contributed by atoms with van der Waals surface area (Å²) in [5.74, 6) is 0. The van der Waals surface area contributed by atoms with E-state index in [0.29, 0.717) is 32.6 Å². The summed E-state index contributed by atoms with van der Waals surface area (Å²) in [4.78, 5) is 13.6. The van der Waals surface area contributed by atoms with E-state index in [9.17, 15) is 9.18 Å². The van der Waals surface area contributed by atoms with E-state index in [-0.39, 0.29) is 12.1 Å². The Kier molecular flexibility index (Phi) is 4.54. The standard InChI is InChI=1S/C14H26FN3O2/c1-13(2,3)20-12(19)18-7-4-11(8-18)17-10-14(15)5-6-16-9-14/h11,16-17H,4-10H2,1-3H3. The Labute approximate surface area is 120 Å². The van der Waals surface area contributed by atoms with Crippen LogP contribution in [0.2, 0.25) is 0 Å². The van der Waals surface area contributed by atoms with E-state index in [0.717, 1.165) is 13.0 Å². The average molecular weight is 287 g/mol. The van der Waals surface area contributed by atoms with Gasteiger partial charge in [-0.3, -0.25) is 0 Å². The molecule has 116 valence electrons. The number of hydrogen-bond acceptors (Lipinski definition) is 4. The molecule has 20 heavy (non-hydrogen) atoms. The maximum atomic E-state index is 14.2. The predicted molar refractivity (Wildman–Crippen MR) is 75.5 cm³/mol. The quantitative estimate of drug-likeness (QED) is 0.821. The van der Waals surface area contributed by atoms with E-state index in [1.165, 1.54) is 0 Å². The summed E-state index contributed by atoms with van der Waals surface area (Å²) in [6.45, 7) is 8.36. The van der Waals surface area contributed by atoms with Crippen LogP contribution in [-0.4, -0.2) is 61.0 Å². The second kappa shape index (κ2) is 5.85. The van der Waals surface area contributed by atoms with Crippen molar-refractivity contribution in [2.24, 2.45) is 0 Å². The summed E-state index contributed by atoms with van der Waals surface area (Å²) >= 11 is 0. The van der Waals surface area contributed by atoms with Gasteiger partial charge in [0.1, 0.15) is 11.3 Å². The number of carbonyl (C=O) groups is 1. The van der Waals surface area contributed by atoms with Crippen LogP contribution >= 0.6 is 0 Å². The maximum absolute atomic E-state index is 14.2. The zero-order chi connectivity index (χ0) is 14.8. The normalized spacial score (nSPS) is 30.8. The molecule has 0 saturated carbocycles. The minimum absolute atomic E-state index is 0.163. The number of likely N-dealkylation sites (tertiary alicyclic amines) is 1. The Bertz CT molecular complexity index is 351. The number of amides is 1. The highest BCUT2D eigenvalue weighted by Crippen LogP contribution is 2.20. The molecular weight excluding hydrogens is 261 g/mol. The first kappa shape index (κ1) is 15.5. The third-order valence-electron chi connectivity index (χ3n) is 3.74. The van der Waals surface area contributed by atoms with Crippen LogP contribution in [0.25, 0.3) is 0 Å². The molecule has 2 aliphatic rings. The Morgan fingerprint density at radius 2 is 2.30 bits per heavy atom. The summed E-state index contributed by atoms with van der Waals surface area (Å²) in [7, 11) is 0. The van der Waals surface area contributed by atoms with E-state index in [1.807, 2.05) is 20.8 Å². The Morgan fingerprint density at radius 1 is 1.55 bits per heavy atom. The molecule has 0 aromatic rings. The van der Waals surface area contributed by atoms with Gasteiger partial charge < -0.3 is 20.3 Å². The minimum atomic E-state index is -1.14. The molecule has 2 atom stereocenters. The Morgan fingerprint density at radius 3 is 2.90 bits per heavy atom. The van der Waals surface area contributed by atoms with Gasteiger partial charge in [0.2, 0.25) is 0 Å². The highest BCUT2D eigenvalue weighted by Gasteiger charge is 2.35. The molecule has 5 nitrogen and oxygen atoms in total. The number of nitrogens with zero attached hydrogens (tertiary/aromatic N) is 1. The van der Waals surface area contributed by atoms with Crippen LogP contribution in [0.1, 0.15) is 33.6 Å². The lowest BCUT2D eigenvalue weighted by atomic mass is 10.1. The number of hydrogen-bond donors (Lipinski definition) is 2. The van der Waals surface area contributed by atoms with Gasteiger partial charge in [0.05, 0.1) is 0 Å². The molecule has 0 aliphatic carbocycles. The average Bonchev–Trinajstić information content (AvgIpc) is 2.93. The van der Waals surface area contributed by atoms with Crippen LogP contribution in [0.4, 0.5) is 9.18 Å². The number of alkyl halides is 1. The van der Waals surface area contributed by atoms with Crippen molar-refractivity contribution >= 4 is 6.09 Å². The zero-order valence-electron chi connectivity index (χ0n) is 12.7. The largest absolute Gasteiger partial charge is 0.444 e. The van der Waals surface area contributed by atoms with E-state index < -0.39 is 11.3 Å². The first-order valence-corrected chi connectivity index (χ1v) is 7.38. The molecule has 2 fully saturated rings. The maximum Gasteiger partial charge on any atom is 0.410 e. The molecule has 2 aliphatic heterocycles. The van der Waals surface area contributed by atoms with Gasteiger partial charge >= 0.3 is 6.09 Å². The fourth-order valence-electron chi connectivity index (χ4n) is 2.61. The van der Waals surface area contributed by atoms with Gasteiger partial charge in [-0.25, -0.2) is 9.18 Å². The van der Waals surface area contributed by atoms with E-state index >= 15 is 0 Å². The molecule has 0 aromatic carbocycles. The number of carbonyl (C=O) groups excluding carboxylic acids is 1. The fraction of sp³-hybridized carbons (Fsp3) is 0.929. The molecule has 2 saturated heterocycles. The van der Waals surface area contributed by atoms with Gasteiger partial charge in [-0.2, -0.15) is 0 Å². The van der Waals surface area contributed by atoms with E-state index in [2.05, 4.69) is 10.6 Å². The van der Waals surface area contributed by atoms with Crippen molar-refractivity contribution < 1.29 is 13.9 Å². The molecular formula is C14H26FN3O2. The lowest BCUT2D eigenvalue weighted by Gasteiger charge is -2.25. The molecule has 2 N–H and O–H groups in total. The molecule has 2 heterocycles. The molecule has 6 heteroatoms. The topological polar surface area (TPSA) is 53.6 Å². The van der Waals surface area contributed by atoms with Crippen LogP contribution < -0.4 is 10.6 Å². The summed E-state index contributed by atoms with van der Waals surface area (Å²) in [5.41, 5.74) is -1.61. The van der Waals surface area contributed by atoms with Crippen molar-refractivity contribution in [1.82, 2.24) is 15.5 Å². The molecule has 1 amide bonds. The first-order valence-electron chi connectivity index (χ1n) is 7.38. The molecule has 0 spiro atoms. The van der Waals surface area contributed by atoms with Crippen molar-refractivity contribution in [2.75, 3.05) is 32.7 Å². The highest BCUT2D eigenvalue weighted by molar-refractivity contribution is 5.68. The molecule has 0 bridgehead atoms. The SMILES string of the molecule is CC(C)(C)OC(=O)N1CCC(NCC2(F)CCNC2)C1. The number of nitrogens with one attached hydrogen (secondary N) is 2. The monoisotopic (exact) mass is 287 g/mol. The zero-order valence-corrected chi connectivity index (χ0v) is 12.7. The second-order valence-electron chi connectivity index (χ2n) is 6.87. The van der Waals surface area contributed by atoms with Crippen LogP contribution in [0.3, 0.4) is 0 Å². The Hall–Kier alpha value is -0.880. The van der Waals surface area contributed by atoms with Gasteiger partial charge in [-0.15, -0.1) is 0 Å². The first-order chi connectivity index (χ1) is 9.27. The van der Waals surface area contributed by atoms with E-state index in [1.54, 1.807) is 4.90 Å². The van der Waals surface area contributed by atoms with Crippen molar-refractivity contribution in [3.63, 3.8) is 0 Å². The van der Waals surface area contributed by atoms with Gasteiger partial charge in [0, 0.05) is 32.2 Å². The third-order valence-corrected chi connectivity index (χ3v) is 3.74. The number of ether oxygens (including phenoxy) is 1. The summed E-state index contributed by atoms with van der Waals surface area (Å²) in [5, 5.41) is 6.29. The van der Waals surface area contributed by atoms with Crippen LogP contribution in [-0.2, 0) is 4.74 Å². The predicted octanol–water partition coefficient (Wildman–Crippen LogP) is 1.29. The number of rotatable bonds is 3. The van der Waals surface area contributed by atoms with Crippen molar-refractivity contribution in [3.05, 3.63) is 0 Å². The minimum Gasteiger partial charge on any atom is -0.444 e. The molecule has 0 aromatic heterocycles. The smallest absolute Gasteiger partial charge is 0.410 e. The molecule has 2 unspecified atom stereocenters. The molecule has 2 rings (SSSR count). The van der Waals surface area contributed by atoms with Crippen LogP contribution in [0.15, 0.2) is 0 Å². The summed E-state index contributed by atoms with van der Waals surface area (Å²) in [6, 6.07) is 0.163. The third kappa shape index (κ3) is 4.31. The van der Waals surface area contributed by atoms with Crippen LogP contribution in [0, 0.1) is 0 Å². The van der Waals surface area contributed by atoms with Crippen LogP contribution in [0.5, 0.6) is 0 Å². The number of halogens is 1. The Balaban J connectivity index is 1.73. The van der Waals surface area contributed by atoms with Gasteiger partial charge in [0.25, 0.3) is 0 Å². The molecule has 0 radical (unpaired) electrons. The van der Waals surface area contributed by atoms with Crippen molar-refractivity contribution in [1.29, 1.82) is 0 Å². The lowest BCUT2D eigenvalue weighted by molar-refractivity contribution is 0.0290.